The predicted molar refractivity (Wildman–Crippen MR) is 89.8 cm³/mol. The Kier molecular flexibility index (Phi) is 5.44. The van der Waals surface area contributed by atoms with E-state index < -0.39 is 0 Å². The molecule has 21 heavy (non-hydrogen) atoms. The quantitative estimate of drug-likeness (QED) is 0.869. The summed E-state index contributed by atoms with van der Waals surface area (Å²) in [7, 11) is 0. The van der Waals surface area contributed by atoms with Gasteiger partial charge < -0.3 is 5.32 Å². The average molecular weight is 357 g/mol. The van der Waals surface area contributed by atoms with Gasteiger partial charge in [0.1, 0.15) is 5.82 Å². The summed E-state index contributed by atoms with van der Waals surface area (Å²) < 4.78 is 13.9. The van der Waals surface area contributed by atoms with Crippen LogP contribution in [0.2, 0.25) is 0 Å². The van der Waals surface area contributed by atoms with E-state index in [0.29, 0.717) is 16.4 Å². The van der Waals surface area contributed by atoms with Gasteiger partial charge in [-0.3, -0.25) is 4.90 Å². The second-order valence-corrected chi connectivity index (χ2v) is 7.73. The molecule has 1 aromatic rings. The summed E-state index contributed by atoms with van der Waals surface area (Å²) >= 11 is 3.29. The molecule has 0 radical (unpaired) electrons. The Balaban J connectivity index is 2.17. The highest BCUT2D eigenvalue weighted by atomic mass is 79.9. The lowest BCUT2D eigenvalue weighted by Crippen LogP contribution is -2.62. The van der Waals surface area contributed by atoms with Gasteiger partial charge in [0, 0.05) is 31.2 Å². The molecule has 0 amide bonds. The Morgan fingerprint density at radius 2 is 2.19 bits per heavy atom. The maximum atomic E-state index is 13.4. The van der Waals surface area contributed by atoms with Gasteiger partial charge in [0.25, 0.3) is 0 Å². The van der Waals surface area contributed by atoms with E-state index in [1.807, 2.05) is 12.1 Å². The maximum absolute atomic E-state index is 13.4. The molecular formula is C17H26BrFN2. The summed E-state index contributed by atoms with van der Waals surface area (Å²) in [6.07, 6.45) is 1.18. The van der Waals surface area contributed by atoms with E-state index in [4.69, 9.17) is 0 Å². The fourth-order valence-electron chi connectivity index (χ4n) is 3.07. The highest BCUT2D eigenvalue weighted by molar-refractivity contribution is 9.10. The van der Waals surface area contributed by atoms with Gasteiger partial charge in [-0.05, 0) is 53.4 Å². The summed E-state index contributed by atoms with van der Waals surface area (Å²) in [5.41, 5.74) is 1.29. The van der Waals surface area contributed by atoms with Crippen molar-refractivity contribution >= 4 is 15.9 Å². The van der Waals surface area contributed by atoms with Crippen LogP contribution in [0.15, 0.2) is 22.7 Å². The van der Waals surface area contributed by atoms with Crippen LogP contribution >= 0.6 is 15.9 Å². The van der Waals surface area contributed by atoms with Crippen molar-refractivity contribution in [1.82, 2.24) is 10.2 Å². The van der Waals surface area contributed by atoms with Crippen LogP contribution in [0.25, 0.3) is 0 Å². The van der Waals surface area contributed by atoms with Gasteiger partial charge in [-0.25, -0.2) is 4.39 Å². The second kappa shape index (κ2) is 6.76. The van der Waals surface area contributed by atoms with E-state index in [2.05, 4.69) is 53.8 Å². The van der Waals surface area contributed by atoms with Crippen LogP contribution in [0.4, 0.5) is 4.39 Å². The zero-order chi connectivity index (χ0) is 15.6. The minimum atomic E-state index is -0.196. The number of nitrogens with one attached hydrogen (secondary N) is 1. The van der Waals surface area contributed by atoms with Crippen molar-refractivity contribution in [1.29, 1.82) is 0 Å². The summed E-state index contributed by atoms with van der Waals surface area (Å²) in [6, 6.07) is 5.87. The Bertz CT molecular complexity index is 490. The van der Waals surface area contributed by atoms with Crippen molar-refractivity contribution in [3.63, 3.8) is 0 Å². The Labute approximate surface area is 136 Å². The molecule has 4 heteroatoms. The molecule has 2 unspecified atom stereocenters. The van der Waals surface area contributed by atoms with Crippen molar-refractivity contribution in [2.24, 2.45) is 5.92 Å². The number of rotatable bonds is 4. The highest BCUT2D eigenvalue weighted by Crippen LogP contribution is 2.25. The van der Waals surface area contributed by atoms with Crippen molar-refractivity contribution < 1.29 is 4.39 Å². The van der Waals surface area contributed by atoms with E-state index in [1.54, 1.807) is 6.07 Å². The second-order valence-electron chi connectivity index (χ2n) is 6.87. The molecule has 2 atom stereocenters. The number of piperazine rings is 1. The van der Waals surface area contributed by atoms with Crippen LogP contribution in [0.3, 0.4) is 0 Å². The lowest BCUT2D eigenvalue weighted by atomic mass is 9.90. The lowest BCUT2D eigenvalue weighted by molar-refractivity contribution is 0.0571. The zero-order valence-corrected chi connectivity index (χ0v) is 15.0. The lowest BCUT2D eigenvalue weighted by Gasteiger charge is -2.47. The third-order valence-electron chi connectivity index (χ3n) is 4.53. The van der Waals surface area contributed by atoms with Crippen LogP contribution in [0.5, 0.6) is 0 Å². The van der Waals surface area contributed by atoms with Gasteiger partial charge in [0.15, 0.2) is 0 Å². The maximum Gasteiger partial charge on any atom is 0.137 e. The average Bonchev–Trinajstić information content (AvgIpc) is 2.41. The molecular weight excluding hydrogens is 331 g/mol. The van der Waals surface area contributed by atoms with Crippen LogP contribution in [-0.2, 0) is 6.54 Å². The summed E-state index contributed by atoms with van der Waals surface area (Å²) in [5, 5.41) is 3.65. The first-order chi connectivity index (χ1) is 9.82. The van der Waals surface area contributed by atoms with Crippen LogP contribution in [-0.4, -0.2) is 29.6 Å². The summed E-state index contributed by atoms with van der Waals surface area (Å²) in [4.78, 5) is 2.55. The zero-order valence-electron chi connectivity index (χ0n) is 13.4. The predicted octanol–water partition coefficient (Wildman–Crippen LogP) is 4.19. The largest absolute Gasteiger partial charge is 0.309 e. The molecule has 1 aromatic carbocycles. The molecule has 1 saturated heterocycles. The molecule has 1 N–H and O–H groups in total. The van der Waals surface area contributed by atoms with E-state index in [-0.39, 0.29) is 11.4 Å². The molecule has 1 fully saturated rings. The minimum absolute atomic E-state index is 0.126. The van der Waals surface area contributed by atoms with E-state index >= 15 is 0 Å². The Morgan fingerprint density at radius 3 is 2.81 bits per heavy atom. The summed E-state index contributed by atoms with van der Waals surface area (Å²) in [5.74, 6) is 0.454. The van der Waals surface area contributed by atoms with Gasteiger partial charge in [-0.15, -0.1) is 0 Å². The fraction of sp³-hybridized carbons (Fsp3) is 0.647. The normalized spacial score (nSPS) is 24.0. The van der Waals surface area contributed by atoms with Gasteiger partial charge in [-0.1, -0.05) is 26.3 Å². The van der Waals surface area contributed by atoms with Crippen molar-refractivity contribution in [3.8, 4) is 0 Å². The van der Waals surface area contributed by atoms with E-state index in [9.17, 15) is 4.39 Å². The third-order valence-corrected chi connectivity index (χ3v) is 5.14. The van der Waals surface area contributed by atoms with Crippen LogP contribution in [0, 0.1) is 11.7 Å². The van der Waals surface area contributed by atoms with Crippen molar-refractivity contribution in [2.75, 3.05) is 13.1 Å². The monoisotopic (exact) mass is 356 g/mol. The molecule has 0 aliphatic carbocycles. The number of nitrogens with zero attached hydrogens (tertiary/aromatic N) is 1. The first-order valence-corrected chi connectivity index (χ1v) is 8.54. The van der Waals surface area contributed by atoms with Gasteiger partial charge in [0.05, 0.1) is 4.47 Å². The highest BCUT2D eigenvalue weighted by Gasteiger charge is 2.34. The first-order valence-electron chi connectivity index (χ1n) is 7.75. The van der Waals surface area contributed by atoms with Crippen molar-refractivity contribution in [3.05, 3.63) is 34.1 Å². The van der Waals surface area contributed by atoms with Gasteiger partial charge in [0.2, 0.25) is 0 Å². The molecule has 0 aromatic heterocycles. The molecule has 0 saturated carbocycles. The minimum Gasteiger partial charge on any atom is -0.309 e. The van der Waals surface area contributed by atoms with E-state index in [1.165, 1.54) is 6.42 Å². The molecule has 1 aliphatic rings. The number of halogens is 2. The first kappa shape index (κ1) is 16.9. The number of benzene rings is 1. The molecule has 0 bridgehead atoms. The standard InChI is InChI=1S/C17H26BrFN2/c1-5-12(2)16-9-20-17(3,4)11-21(16)10-13-6-7-15(19)14(18)8-13/h6-8,12,16,20H,5,9-11H2,1-4H3. The van der Waals surface area contributed by atoms with E-state index in [0.717, 1.165) is 25.2 Å². The third kappa shape index (κ3) is 4.27. The topological polar surface area (TPSA) is 15.3 Å². The Morgan fingerprint density at radius 1 is 1.48 bits per heavy atom. The molecule has 1 aliphatic heterocycles. The smallest absolute Gasteiger partial charge is 0.137 e. The SMILES string of the molecule is CCC(C)C1CNC(C)(C)CN1Cc1ccc(F)c(Br)c1. The molecule has 0 spiro atoms. The van der Waals surface area contributed by atoms with Crippen molar-refractivity contribution in [2.45, 2.75) is 52.2 Å². The van der Waals surface area contributed by atoms with Crippen LogP contribution < -0.4 is 5.32 Å². The Hall–Kier alpha value is -0.450. The molecule has 118 valence electrons. The van der Waals surface area contributed by atoms with Gasteiger partial charge >= 0.3 is 0 Å². The number of hydrogen-bond acceptors (Lipinski definition) is 2. The van der Waals surface area contributed by atoms with Gasteiger partial charge in [-0.2, -0.15) is 0 Å². The molecule has 2 nitrogen and oxygen atoms in total. The summed E-state index contributed by atoms with van der Waals surface area (Å²) in [6.45, 7) is 12.0. The molecule has 1 heterocycles. The van der Waals surface area contributed by atoms with Crippen LogP contribution in [0.1, 0.15) is 39.7 Å². The molecule has 2 rings (SSSR count). The fourth-order valence-corrected chi connectivity index (χ4v) is 3.50. The number of hydrogen-bond donors (Lipinski definition) is 1.